The summed E-state index contributed by atoms with van der Waals surface area (Å²) in [5.74, 6) is 0.656. The summed E-state index contributed by atoms with van der Waals surface area (Å²) in [5.41, 5.74) is 2.85. The second kappa shape index (κ2) is 6.72. The Morgan fingerprint density at radius 3 is 2.59 bits per heavy atom. The van der Waals surface area contributed by atoms with Crippen molar-refractivity contribution in [2.75, 3.05) is 5.33 Å². The van der Waals surface area contributed by atoms with E-state index in [0.29, 0.717) is 5.92 Å². The van der Waals surface area contributed by atoms with Crippen molar-refractivity contribution in [1.29, 1.82) is 0 Å². The molecule has 2 rings (SSSR count). The molecule has 2 aromatic rings. The lowest BCUT2D eigenvalue weighted by Crippen LogP contribution is -2.09. The minimum atomic E-state index is 0.656. The molecule has 0 amide bonds. The Balaban J connectivity index is 2.03. The molecular formula is C14H14Br2S. The average Bonchev–Trinajstić information content (AvgIpc) is 2.84. The Kier molecular flexibility index (Phi) is 5.26. The minimum Gasteiger partial charge on any atom is -0.152 e. The number of halogens is 2. The van der Waals surface area contributed by atoms with E-state index >= 15 is 0 Å². The number of alkyl halides is 1. The summed E-state index contributed by atoms with van der Waals surface area (Å²) in [4.78, 5) is 0. The van der Waals surface area contributed by atoms with E-state index in [2.05, 4.69) is 73.0 Å². The van der Waals surface area contributed by atoms with Crippen molar-refractivity contribution >= 4 is 43.2 Å². The van der Waals surface area contributed by atoms with Crippen LogP contribution in [0.4, 0.5) is 0 Å². The highest BCUT2D eigenvalue weighted by Gasteiger charge is 2.11. The predicted octanol–water partition coefficient (Wildman–Crippen LogP) is 5.31. The van der Waals surface area contributed by atoms with Crippen molar-refractivity contribution in [3.63, 3.8) is 0 Å². The summed E-state index contributed by atoms with van der Waals surface area (Å²) in [6, 6.07) is 10.7. The molecular weight excluding hydrogens is 360 g/mol. The second-order valence-corrected chi connectivity index (χ2v) is 6.43. The van der Waals surface area contributed by atoms with Crippen LogP contribution in [0, 0.1) is 5.92 Å². The lowest BCUT2D eigenvalue weighted by Gasteiger charge is -2.14. The smallest absolute Gasteiger partial charge is 0.0207 e. The zero-order valence-electron chi connectivity index (χ0n) is 9.40. The van der Waals surface area contributed by atoms with Crippen LogP contribution in [0.3, 0.4) is 0 Å². The molecule has 1 atom stereocenters. The molecule has 1 aromatic carbocycles. The zero-order valence-corrected chi connectivity index (χ0v) is 13.4. The maximum Gasteiger partial charge on any atom is 0.0207 e. The first kappa shape index (κ1) is 13.3. The van der Waals surface area contributed by atoms with Gasteiger partial charge in [0.1, 0.15) is 0 Å². The lowest BCUT2D eigenvalue weighted by molar-refractivity contribution is 0.591. The van der Waals surface area contributed by atoms with Gasteiger partial charge in [-0.2, -0.15) is 11.3 Å². The fraction of sp³-hybridized carbons (Fsp3) is 0.286. The molecule has 0 fully saturated rings. The standard InChI is InChI=1S/C14H14Br2S/c15-9-12(7-11-5-6-17-10-11)8-13-3-1-2-4-14(13)16/h1-6,10,12H,7-9H2. The van der Waals surface area contributed by atoms with Crippen LogP contribution in [-0.2, 0) is 12.8 Å². The van der Waals surface area contributed by atoms with Crippen LogP contribution in [0.5, 0.6) is 0 Å². The Bertz CT molecular complexity index is 451. The largest absolute Gasteiger partial charge is 0.152 e. The summed E-state index contributed by atoms with van der Waals surface area (Å²) in [7, 11) is 0. The third-order valence-electron chi connectivity index (χ3n) is 2.79. The molecule has 1 heterocycles. The van der Waals surface area contributed by atoms with Gasteiger partial charge in [0.05, 0.1) is 0 Å². The SMILES string of the molecule is BrCC(Cc1ccsc1)Cc1ccccc1Br. The van der Waals surface area contributed by atoms with Crippen molar-refractivity contribution in [3.05, 3.63) is 56.7 Å². The van der Waals surface area contributed by atoms with Crippen LogP contribution in [0.1, 0.15) is 11.1 Å². The van der Waals surface area contributed by atoms with E-state index in [1.54, 1.807) is 11.3 Å². The van der Waals surface area contributed by atoms with Gasteiger partial charge in [0.15, 0.2) is 0 Å². The quantitative estimate of drug-likeness (QED) is 0.623. The Morgan fingerprint density at radius 1 is 1.12 bits per heavy atom. The van der Waals surface area contributed by atoms with Crippen molar-refractivity contribution in [1.82, 2.24) is 0 Å². The monoisotopic (exact) mass is 372 g/mol. The summed E-state index contributed by atoms with van der Waals surface area (Å²) in [6.45, 7) is 0. The van der Waals surface area contributed by atoms with Gasteiger partial charge in [0.2, 0.25) is 0 Å². The van der Waals surface area contributed by atoms with Crippen molar-refractivity contribution in [3.8, 4) is 0 Å². The molecule has 1 unspecified atom stereocenters. The van der Waals surface area contributed by atoms with E-state index in [4.69, 9.17) is 0 Å². The van der Waals surface area contributed by atoms with Gasteiger partial charge in [0, 0.05) is 9.80 Å². The van der Waals surface area contributed by atoms with E-state index in [1.807, 2.05) is 0 Å². The normalized spacial score (nSPS) is 12.6. The molecule has 1 aromatic heterocycles. The fourth-order valence-corrected chi connectivity index (χ4v) is 3.48. The molecule has 0 aliphatic carbocycles. The van der Waals surface area contributed by atoms with Crippen molar-refractivity contribution < 1.29 is 0 Å². The number of rotatable bonds is 5. The molecule has 0 aliphatic rings. The van der Waals surface area contributed by atoms with Gasteiger partial charge in [-0.25, -0.2) is 0 Å². The average molecular weight is 374 g/mol. The maximum atomic E-state index is 3.63. The van der Waals surface area contributed by atoms with Crippen molar-refractivity contribution in [2.24, 2.45) is 5.92 Å². The molecule has 0 radical (unpaired) electrons. The molecule has 0 aliphatic heterocycles. The van der Waals surface area contributed by atoms with Gasteiger partial charge in [-0.15, -0.1) is 0 Å². The van der Waals surface area contributed by atoms with Crippen LogP contribution >= 0.6 is 43.2 Å². The molecule has 3 heteroatoms. The molecule has 90 valence electrons. The van der Waals surface area contributed by atoms with Gasteiger partial charge < -0.3 is 0 Å². The molecule has 0 saturated carbocycles. The summed E-state index contributed by atoms with van der Waals surface area (Å²) >= 11 is 9.03. The van der Waals surface area contributed by atoms with Gasteiger partial charge >= 0.3 is 0 Å². The van der Waals surface area contributed by atoms with Crippen LogP contribution < -0.4 is 0 Å². The molecule has 0 saturated heterocycles. The highest BCUT2D eigenvalue weighted by atomic mass is 79.9. The predicted molar refractivity (Wildman–Crippen MR) is 83.2 cm³/mol. The van der Waals surface area contributed by atoms with Crippen LogP contribution in [0.15, 0.2) is 45.6 Å². The first-order valence-electron chi connectivity index (χ1n) is 5.60. The topological polar surface area (TPSA) is 0 Å². The fourth-order valence-electron chi connectivity index (χ4n) is 1.90. The molecule has 0 spiro atoms. The molecule has 0 bridgehead atoms. The zero-order chi connectivity index (χ0) is 12.1. The number of benzene rings is 1. The maximum absolute atomic E-state index is 3.63. The summed E-state index contributed by atoms with van der Waals surface area (Å²) in [5, 5.41) is 5.44. The van der Waals surface area contributed by atoms with Crippen LogP contribution in [0.25, 0.3) is 0 Å². The lowest BCUT2D eigenvalue weighted by atomic mass is 9.95. The van der Waals surface area contributed by atoms with Gasteiger partial charge in [0.25, 0.3) is 0 Å². The first-order chi connectivity index (χ1) is 8.29. The summed E-state index contributed by atoms with van der Waals surface area (Å²) < 4.78 is 1.22. The van der Waals surface area contributed by atoms with E-state index in [0.717, 1.165) is 18.2 Å². The van der Waals surface area contributed by atoms with Crippen LogP contribution in [0.2, 0.25) is 0 Å². The van der Waals surface area contributed by atoms with E-state index in [-0.39, 0.29) is 0 Å². The third-order valence-corrected chi connectivity index (χ3v) is 5.21. The summed E-state index contributed by atoms with van der Waals surface area (Å²) in [6.07, 6.45) is 2.26. The third kappa shape index (κ3) is 3.94. The first-order valence-corrected chi connectivity index (χ1v) is 8.45. The van der Waals surface area contributed by atoms with Gasteiger partial charge in [-0.3, -0.25) is 0 Å². The Hall–Kier alpha value is -0.120. The van der Waals surface area contributed by atoms with Crippen molar-refractivity contribution in [2.45, 2.75) is 12.8 Å². The van der Waals surface area contributed by atoms with E-state index < -0.39 is 0 Å². The van der Waals surface area contributed by atoms with Crippen LogP contribution in [-0.4, -0.2) is 5.33 Å². The second-order valence-electron chi connectivity index (χ2n) is 4.15. The van der Waals surface area contributed by atoms with E-state index in [9.17, 15) is 0 Å². The van der Waals surface area contributed by atoms with E-state index in [1.165, 1.54) is 15.6 Å². The molecule has 0 nitrogen and oxygen atoms in total. The Labute approximate surface area is 123 Å². The highest BCUT2D eigenvalue weighted by Crippen LogP contribution is 2.23. The van der Waals surface area contributed by atoms with Gasteiger partial charge in [-0.05, 0) is 52.8 Å². The number of hydrogen-bond acceptors (Lipinski definition) is 1. The highest BCUT2D eigenvalue weighted by molar-refractivity contribution is 9.10. The minimum absolute atomic E-state index is 0.656. The number of hydrogen-bond donors (Lipinski definition) is 0. The Morgan fingerprint density at radius 2 is 1.94 bits per heavy atom. The molecule has 0 N–H and O–H groups in total. The molecule has 17 heavy (non-hydrogen) atoms. The van der Waals surface area contributed by atoms with Gasteiger partial charge in [-0.1, -0.05) is 50.1 Å². The number of thiophene rings is 1.